The minimum Gasteiger partial charge on any atom is -0.324 e. The Morgan fingerprint density at radius 1 is 1.33 bits per heavy atom. The summed E-state index contributed by atoms with van der Waals surface area (Å²) >= 11 is 5.84. The van der Waals surface area contributed by atoms with Crippen LogP contribution in [0.1, 0.15) is 10.5 Å². The quantitative estimate of drug-likeness (QED) is 0.729. The number of rotatable bonds is 2. The van der Waals surface area contributed by atoms with Gasteiger partial charge in [-0.1, -0.05) is 41.9 Å². The number of halogens is 1. The van der Waals surface area contributed by atoms with Crippen molar-refractivity contribution in [1.29, 1.82) is 0 Å². The van der Waals surface area contributed by atoms with Crippen LogP contribution in [-0.2, 0) is 7.05 Å². The summed E-state index contributed by atoms with van der Waals surface area (Å²) in [6.45, 7) is 0. The number of imidazole rings is 1. The van der Waals surface area contributed by atoms with Gasteiger partial charge in [0.25, 0.3) is 0 Å². The molecule has 0 radical (unpaired) electrons. The Hall–Kier alpha value is -1.61. The summed E-state index contributed by atoms with van der Waals surface area (Å²) in [5, 5.41) is 0.242. The van der Waals surface area contributed by atoms with E-state index in [-0.39, 0.29) is 5.15 Å². The first kappa shape index (κ1) is 9.93. The first-order valence-corrected chi connectivity index (χ1v) is 4.84. The summed E-state index contributed by atoms with van der Waals surface area (Å²) in [5.74, 6) is 0.697. The Morgan fingerprint density at radius 3 is 2.53 bits per heavy atom. The summed E-state index contributed by atoms with van der Waals surface area (Å²) in [7, 11) is 1.77. The molecule has 1 heterocycles. The molecule has 0 N–H and O–H groups in total. The van der Waals surface area contributed by atoms with Crippen LogP contribution in [0, 0.1) is 0 Å². The fraction of sp³-hybridized carbons (Fsp3) is 0.0909. The Morgan fingerprint density at radius 2 is 2.00 bits per heavy atom. The highest BCUT2D eigenvalue weighted by Gasteiger charge is 2.12. The normalized spacial score (nSPS) is 10.3. The zero-order valence-corrected chi connectivity index (χ0v) is 8.90. The second kappa shape index (κ2) is 3.87. The van der Waals surface area contributed by atoms with Gasteiger partial charge in [0.1, 0.15) is 11.5 Å². The van der Waals surface area contributed by atoms with Crippen molar-refractivity contribution in [1.82, 2.24) is 9.55 Å². The van der Waals surface area contributed by atoms with Crippen LogP contribution in [0.4, 0.5) is 0 Å². The lowest BCUT2D eigenvalue weighted by Gasteiger charge is -2.01. The zero-order chi connectivity index (χ0) is 10.8. The molecule has 0 atom stereocenters. The summed E-state index contributed by atoms with van der Waals surface area (Å²) in [4.78, 5) is 14.9. The van der Waals surface area contributed by atoms with Crippen molar-refractivity contribution in [3.63, 3.8) is 0 Å². The standard InChI is InChI=1S/C11H9ClN2O/c1-14-9(7-15)10(12)13-11(14)8-5-3-2-4-6-8/h2-7H,1H3. The van der Waals surface area contributed by atoms with E-state index in [0.29, 0.717) is 17.8 Å². The van der Waals surface area contributed by atoms with E-state index in [9.17, 15) is 4.79 Å². The molecule has 76 valence electrons. The molecule has 0 spiro atoms. The van der Waals surface area contributed by atoms with E-state index in [1.807, 2.05) is 30.3 Å². The maximum atomic E-state index is 10.7. The first-order valence-electron chi connectivity index (χ1n) is 4.47. The fourth-order valence-electron chi connectivity index (χ4n) is 1.45. The molecule has 2 aromatic rings. The first-order chi connectivity index (χ1) is 7.24. The monoisotopic (exact) mass is 220 g/mol. The lowest BCUT2D eigenvalue weighted by Crippen LogP contribution is -1.97. The van der Waals surface area contributed by atoms with E-state index in [4.69, 9.17) is 11.6 Å². The van der Waals surface area contributed by atoms with Gasteiger partial charge in [0.15, 0.2) is 11.4 Å². The number of carbonyl (C=O) groups excluding carboxylic acids is 1. The molecule has 3 nitrogen and oxygen atoms in total. The predicted octanol–water partition coefficient (Wildman–Crippen LogP) is 2.55. The van der Waals surface area contributed by atoms with Crippen LogP contribution in [0.2, 0.25) is 5.15 Å². The van der Waals surface area contributed by atoms with Crippen molar-refractivity contribution in [2.75, 3.05) is 0 Å². The number of benzene rings is 1. The van der Waals surface area contributed by atoms with Gasteiger partial charge in [-0.05, 0) is 0 Å². The van der Waals surface area contributed by atoms with Crippen LogP contribution in [0.25, 0.3) is 11.4 Å². The largest absolute Gasteiger partial charge is 0.324 e. The average Bonchev–Trinajstić information content (AvgIpc) is 2.55. The zero-order valence-electron chi connectivity index (χ0n) is 8.14. The van der Waals surface area contributed by atoms with Gasteiger partial charge in [-0.25, -0.2) is 4.98 Å². The van der Waals surface area contributed by atoms with Gasteiger partial charge in [-0.15, -0.1) is 0 Å². The Balaban J connectivity index is 2.60. The lowest BCUT2D eigenvalue weighted by atomic mass is 10.2. The van der Waals surface area contributed by atoms with Gasteiger partial charge >= 0.3 is 0 Å². The highest BCUT2D eigenvalue weighted by molar-refractivity contribution is 6.31. The molecule has 0 bridgehead atoms. The van der Waals surface area contributed by atoms with E-state index < -0.39 is 0 Å². The van der Waals surface area contributed by atoms with Gasteiger partial charge < -0.3 is 4.57 Å². The molecule has 2 rings (SSSR count). The van der Waals surface area contributed by atoms with Crippen molar-refractivity contribution < 1.29 is 4.79 Å². The average molecular weight is 221 g/mol. The number of hydrogen-bond acceptors (Lipinski definition) is 2. The number of aldehydes is 1. The second-order valence-electron chi connectivity index (χ2n) is 3.15. The predicted molar refractivity (Wildman–Crippen MR) is 59.0 cm³/mol. The third kappa shape index (κ3) is 1.66. The molecule has 0 fully saturated rings. The van der Waals surface area contributed by atoms with Crippen LogP contribution < -0.4 is 0 Å². The van der Waals surface area contributed by atoms with Crippen molar-refractivity contribution in [3.05, 3.63) is 41.2 Å². The summed E-state index contributed by atoms with van der Waals surface area (Å²) in [6, 6.07) is 9.60. The highest BCUT2D eigenvalue weighted by Crippen LogP contribution is 2.22. The van der Waals surface area contributed by atoms with E-state index in [0.717, 1.165) is 5.56 Å². The minimum absolute atomic E-state index is 0.242. The number of hydrogen-bond donors (Lipinski definition) is 0. The molecular weight excluding hydrogens is 212 g/mol. The van der Waals surface area contributed by atoms with Crippen LogP contribution in [-0.4, -0.2) is 15.8 Å². The molecule has 4 heteroatoms. The van der Waals surface area contributed by atoms with E-state index >= 15 is 0 Å². The van der Waals surface area contributed by atoms with E-state index in [2.05, 4.69) is 4.98 Å². The molecular formula is C11H9ClN2O. The summed E-state index contributed by atoms with van der Waals surface area (Å²) < 4.78 is 1.69. The van der Waals surface area contributed by atoms with E-state index in [1.54, 1.807) is 11.6 Å². The van der Waals surface area contributed by atoms with Crippen molar-refractivity contribution in [2.24, 2.45) is 7.05 Å². The molecule has 0 aliphatic heterocycles. The number of nitrogens with zero attached hydrogens (tertiary/aromatic N) is 2. The van der Waals surface area contributed by atoms with Crippen LogP contribution in [0.3, 0.4) is 0 Å². The van der Waals surface area contributed by atoms with Gasteiger partial charge in [0, 0.05) is 12.6 Å². The Bertz CT molecular complexity index is 491. The smallest absolute Gasteiger partial charge is 0.169 e. The molecule has 1 aromatic heterocycles. The lowest BCUT2D eigenvalue weighted by molar-refractivity contribution is 0.111. The van der Waals surface area contributed by atoms with Crippen LogP contribution >= 0.6 is 11.6 Å². The topological polar surface area (TPSA) is 34.9 Å². The number of aromatic nitrogens is 2. The van der Waals surface area contributed by atoms with Gasteiger partial charge in [-0.3, -0.25) is 4.79 Å². The van der Waals surface area contributed by atoms with Crippen LogP contribution in [0.5, 0.6) is 0 Å². The maximum Gasteiger partial charge on any atom is 0.169 e. The second-order valence-corrected chi connectivity index (χ2v) is 3.51. The molecule has 0 saturated carbocycles. The van der Waals surface area contributed by atoms with Gasteiger partial charge in [0.05, 0.1) is 0 Å². The van der Waals surface area contributed by atoms with Crippen molar-refractivity contribution in [2.45, 2.75) is 0 Å². The SMILES string of the molecule is Cn1c(-c2ccccc2)nc(Cl)c1C=O. The third-order valence-electron chi connectivity index (χ3n) is 2.24. The highest BCUT2D eigenvalue weighted by atomic mass is 35.5. The molecule has 0 aliphatic carbocycles. The molecule has 0 amide bonds. The minimum atomic E-state index is 0.242. The Kier molecular flexibility index (Phi) is 2.56. The van der Waals surface area contributed by atoms with Crippen LogP contribution in [0.15, 0.2) is 30.3 Å². The van der Waals surface area contributed by atoms with Crippen molar-refractivity contribution >= 4 is 17.9 Å². The molecule has 0 saturated heterocycles. The van der Waals surface area contributed by atoms with E-state index in [1.165, 1.54) is 0 Å². The molecule has 15 heavy (non-hydrogen) atoms. The van der Waals surface area contributed by atoms with Crippen molar-refractivity contribution in [3.8, 4) is 11.4 Å². The molecule has 1 aromatic carbocycles. The van der Waals surface area contributed by atoms with Gasteiger partial charge in [0.2, 0.25) is 0 Å². The number of carbonyl (C=O) groups is 1. The summed E-state index contributed by atoms with van der Waals surface area (Å²) in [6.07, 6.45) is 0.710. The fourth-order valence-corrected chi connectivity index (χ4v) is 1.70. The van der Waals surface area contributed by atoms with Gasteiger partial charge in [-0.2, -0.15) is 0 Å². The Labute approximate surface area is 92.3 Å². The maximum absolute atomic E-state index is 10.7. The summed E-state index contributed by atoms with van der Waals surface area (Å²) in [5.41, 5.74) is 1.34. The molecule has 0 aliphatic rings. The molecule has 0 unspecified atom stereocenters. The third-order valence-corrected chi connectivity index (χ3v) is 2.52.